The molecule has 2 atom stereocenters. The average molecular weight is 309 g/mol. The average Bonchev–Trinajstić information content (AvgIpc) is 2.97. The molecule has 3 rings (SSSR count). The van der Waals surface area contributed by atoms with Gasteiger partial charge in [-0.15, -0.1) is 12.4 Å². The number of carbonyl (C=O) groups is 1. The van der Waals surface area contributed by atoms with Crippen LogP contribution < -0.4 is 5.32 Å². The number of hydrogen-bond acceptors (Lipinski definition) is 2. The monoisotopic (exact) mass is 308 g/mol. The minimum absolute atomic E-state index is 0. The predicted molar refractivity (Wildman–Crippen MR) is 87.6 cm³/mol. The lowest BCUT2D eigenvalue weighted by molar-refractivity contribution is -0.134. The lowest BCUT2D eigenvalue weighted by atomic mass is 9.94. The van der Waals surface area contributed by atoms with Crippen LogP contribution in [0.3, 0.4) is 0 Å². The Labute approximate surface area is 133 Å². The molecule has 0 aromatic heterocycles. The van der Waals surface area contributed by atoms with Crippen LogP contribution >= 0.6 is 12.4 Å². The van der Waals surface area contributed by atoms with Crippen molar-refractivity contribution in [1.29, 1.82) is 0 Å². The van der Waals surface area contributed by atoms with E-state index in [-0.39, 0.29) is 12.4 Å². The Hall–Kier alpha value is -1.06. The van der Waals surface area contributed by atoms with E-state index in [0.717, 1.165) is 32.5 Å². The zero-order chi connectivity index (χ0) is 13.9. The van der Waals surface area contributed by atoms with Gasteiger partial charge in [-0.2, -0.15) is 0 Å². The second kappa shape index (κ2) is 7.28. The second-order valence-electron chi connectivity index (χ2n) is 6.24. The molecule has 0 aliphatic carbocycles. The summed E-state index contributed by atoms with van der Waals surface area (Å²) in [6, 6.07) is 8.84. The fraction of sp³-hybridized carbons (Fsp3) is 0.588. The Balaban J connectivity index is 0.00000161. The van der Waals surface area contributed by atoms with Gasteiger partial charge in [0.05, 0.1) is 0 Å². The topological polar surface area (TPSA) is 32.3 Å². The van der Waals surface area contributed by atoms with Crippen LogP contribution in [0.1, 0.15) is 37.3 Å². The minimum Gasteiger partial charge on any atom is -0.335 e. The van der Waals surface area contributed by atoms with Gasteiger partial charge >= 0.3 is 0 Å². The quantitative estimate of drug-likeness (QED) is 0.931. The summed E-state index contributed by atoms with van der Waals surface area (Å²) in [6.45, 7) is 5.17. The fourth-order valence-corrected chi connectivity index (χ4v) is 3.44. The number of nitrogens with one attached hydrogen (secondary N) is 1. The van der Waals surface area contributed by atoms with Crippen LogP contribution in [0.4, 0.5) is 0 Å². The molecule has 3 nitrogen and oxygen atoms in total. The molecule has 4 heteroatoms. The Kier molecular flexibility index (Phi) is 5.65. The normalized spacial score (nSPS) is 24.3. The molecule has 1 N–H and O–H groups in total. The van der Waals surface area contributed by atoms with Gasteiger partial charge in [-0.25, -0.2) is 0 Å². The third-order valence-electron chi connectivity index (χ3n) is 4.76. The first kappa shape index (κ1) is 16.3. The van der Waals surface area contributed by atoms with Crippen molar-refractivity contribution in [1.82, 2.24) is 10.2 Å². The standard InChI is InChI=1S/C17H24N2O.ClH/c1-13-10-15-4-2-3-5-16(15)12-19(13)17(20)7-6-14-8-9-18-11-14;/h2-5,13-14,18H,6-12H2,1H3;1H. The van der Waals surface area contributed by atoms with Gasteiger partial charge in [0.25, 0.3) is 0 Å². The number of fused-ring (bicyclic) bond motifs is 1. The number of benzene rings is 1. The molecule has 21 heavy (non-hydrogen) atoms. The second-order valence-corrected chi connectivity index (χ2v) is 6.24. The molecule has 1 amide bonds. The van der Waals surface area contributed by atoms with E-state index in [1.807, 2.05) is 0 Å². The molecule has 1 saturated heterocycles. The van der Waals surface area contributed by atoms with E-state index < -0.39 is 0 Å². The first-order valence-electron chi connectivity index (χ1n) is 7.81. The van der Waals surface area contributed by atoms with Crippen molar-refractivity contribution in [2.24, 2.45) is 5.92 Å². The van der Waals surface area contributed by atoms with Crippen LogP contribution in [-0.2, 0) is 17.8 Å². The van der Waals surface area contributed by atoms with E-state index in [1.165, 1.54) is 17.5 Å². The smallest absolute Gasteiger partial charge is 0.223 e. The van der Waals surface area contributed by atoms with Crippen LogP contribution in [0.15, 0.2) is 24.3 Å². The van der Waals surface area contributed by atoms with Gasteiger partial charge in [-0.1, -0.05) is 24.3 Å². The van der Waals surface area contributed by atoms with Crippen molar-refractivity contribution in [2.45, 2.75) is 45.2 Å². The highest BCUT2D eigenvalue weighted by atomic mass is 35.5. The largest absolute Gasteiger partial charge is 0.335 e. The molecule has 1 aromatic rings. The van der Waals surface area contributed by atoms with Crippen LogP contribution in [0, 0.1) is 5.92 Å². The molecule has 0 radical (unpaired) electrons. The van der Waals surface area contributed by atoms with Crippen molar-refractivity contribution >= 4 is 18.3 Å². The summed E-state index contributed by atoms with van der Waals surface area (Å²) in [5.41, 5.74) is 2.73. The summed E-state index contributed by atoms with van der Waals surface area (Å²) in [5, 5.41) is 3.37. The van der Waals surface area contributed by atoms with Crippen molar-refractivity contribution in [3.63, 3.8) is 0 Å². The third-order valence-corrected chi connectivity index (χ3v) is 4.76. The van der Waals surface area contributed by atoms with Gasteiger partial charge in [0, 0.05) is 19.0 Å². The van der Waals surface area contributed by atoms with Crippen LogP contribution in [0.25, 0.3) is 0 Å². The molecule has 1 fully saturated rings. The molecule has 2 unspecified atom stereocenters. The van der Waals surface area contributed by atoms with Gasteiger partial charge in [0.1, 0.15) is 0 Å². The lowest BCUT2D eigenvalue weighted by Crippen LogP contribution is -2.42. The molecule has 2 heterocycles. The van der Waals surface area contributed by atoms with E-state index in [4.69, 9.17) is 0 Å². The van der Waals surface area contributed by atoms with Gasteiger partial charge < -0.3 is 10.2 Å². The van der Waals surface area contributed by atoms with E-state index in [2.05, 4.69) is 41.4 Å². The third kappa shape index (κ3) is 3.78. The zero-order valence-corrected chi connectivity index (χ0v) is 13.5. The van der Waals surface area contributed by atoms with Crippen molar-refractivity contribution < 1.29 is 4.79 Å². The Morgan fingerprint density at radius 2 is 2.10 bits per heavy atom. The van der Waals surface area contributed by atoms with Crippen molar-refractivity contribution in [3.05, 3.63) is 35.4 Å². The summed E-state index contributed by atoms with van der Waals surface area (Å²) < 4.78 is 0. The molecule has 0 bridgehead atoms. The maximum atomic E-state index is 12.5. The summed E-state index contributed by atoms with van der Waals surface area (Å²) in [5.74, 6) is 1.03. The van der Waals surface area contributed by atoms with E-state index in [0.29, 0.717) is 24.3 Å². The predicted octanol–water partition coefficient (Wildman–Crippen LogP) is 2.77. The summed E-state index contributed by atoms with van der Waals surface area (Å²) in [6.07, 6.45) is 3.97. The highest BCUT2D eigenvalue weighted by molar-refractivity contribution is 5.85. The molecule has 0 spiro atoms. The molecule has 116 valence electrons. The van der Waals surface area contributed by atoms with Gasteiger partial charge in [-0.3, -0.25) is 4.79 Å². The van der Waals surface area contributed by atoms with Gasteiger partial charge in [0.15, 0.2) is 0 Å². The van der Waals surface area contributed by atoms with Crippen molar-refractivity contribution in [3.8, 4) is 0 Å². The highest BCUT2D eigenvalue weighted by Gasteiger charge is 2.27. The van der Waals surface area contributed by atoms with E-state index in [1.54, 1.807) is 0 Å². The number of rotatable bonds is 3. The number of amides is 1. The Bertz CT molecular complexity index is 485. The SMILES string of the molecule is CC1Cc2ccccc2CN1C(=O)CCC1CCNC1.Cl. The fourth-order valence-electron chi connectivity index (χ4n) is 3.44. The van der Waals surface area contributed by atoms with Gasteiger partial charge in [0.2, 0.25) is 5.91 Å². The lowest BCUT2D eigenvalue weighted by Gasteiger charge is -2.35. The highest BCUT2D eigenvalue weighted by Crippen LogP contribution is 2.24. The summed E-state index contributed by atoms with van der Waals surface area (Å²) in [7, 11) is 0. The number of hydrogen-bond donors (Lipinski definition) is 1. The van der Waals surface area contributed by atoms with Crippen LogP contribution in [0.5, 0.6) is 0 Å². The van der Waals surface area contributed by atoms with Gasteiger partial charge in [-0.05, 0) is 56.3 Å². The maximum Gasteiger partial charge on any atom is 0.223 e. The molecule has 1 aromatic carbocycles. The molecular weight excluding hydrogens is 284 g/mol. The Morgan fingerprint density at radius 1 is 1.33 bits per heavy atom. The first-order valence-corrected chi connectivity index (χ1v) is 7.81. The van der Waals surface area contributed by atoms with E-state index in [9.17, 15) is 4.79 Å². The zero-order valence-electron chi connectivity index (χ0n) is 12.7. The van der Waals surface area contributed by atoms with Crippen LogP contribution in [0.2, 0.25) is 0 Å². The van der Waals surface area contributed by atoms with E-state index >= 15 is 0 Å². The number of nitrogens with zero attached hydrogens (tertiary/aromatic N) is 1. The molecule has 2 aliphatic rings. The first-order chi connectivity index (χ1) is 9.74. The molecule has 0 saturated carbocycles. The molecule has 2 aliphatic heterocycles. The van der Waals surface area contributed by atoms with Crippen molar-refractivity contribution in [2.75, 3.05) is 13.1 Å². The minimum atomic E-state index is 0. The van der Waals surface area contributed by atoms with Crippen LogP contribution in [-0.4, -0.2) is 29.9 Å². The number of carbonyl (C=O) groups excluding carboxylic acids is 1. The summed E-state index contributed by atoms with van der Waals surface area (Å²) in [4.78, 5) is 14.6. The summed E-state index contributed by atoms with van der Waals surface area (Å²) >= 11 is 0. The maximum absolute atomic E-state index is 12.5. The number of halogens is 1. The Morgan fingerprint density at radius 3 is 2.81 bits per heavy atom. The molecular formula is C17H25ClN2O.